The summed E-state index contributed by atoms with van der Waals surface area (Å²) in [6.07, 6.45) is 6.14. The molecule has 1 nitrogen and oxygen atoms in total. The molecule has 0 bridgehead atoms. The van der Waals surface area contributed by atoms with Gasteiger partial charge in [-0.15, -0.1) is 11.8 Å². The number of hydrogen-bond acceptors (Lipinski definition) is 2. The van der Waals surface area contributed by atoms with E-state index in [9.17, 15) is 0 Å². The van der Waals surface area contributed by atoms with Crippen molar-refractivity contribution < 1.29 is 0 Å². The molecule has 2 heteroatoms. The lowest BCUT2D eigenvalue weighted by Crippen LogP contribution is -1.86. The van der Waals surface area contributed by atoms with E-state index < -0.39 is 0 Å². The molecule has 11 heavy (non-hydrogen) atoms. The van der Waals surface area contributed by atoms with Crippen LogP contribution >= 0.6 is 11.8 Å². The van der Waals surface area contributed by atoms with Gasteiger partial charge in [0.1, 0.15) is 0 Å². The number of nitrogens with zero attached hydrogens (tertiary/aromatic N) is 1. The number of rotatable bonds is 3. The van der Waals surface area contributed by atoms with E-state index in [0.717, 1.165) is 12.3 Å². The third kappa shape index (κ3) is 2.22. The maximum atomic E-state index is 4.14. The summed E-state index contributed by atoms with van der Waals surface area (Å²) >= 11 is 1.89. The SMILES string of the molecule is C/C=C(\SCC)C1=CC=NC1. The van der Waals surface area contributed by atoms with Crippen molar-refractivity contribution in [2.75, 3.05) is 12.3 Å². The van der Waals surface area contributed by atoms with Crippen molar-refractivity contribution in [1.82, 2.24) is 0 Å². The van der Waals surface area contributed by atoms with Gasteiger partial charge in [-0.2, -0.15) is 0 Å². The molecule has 1 aliphatic rings. The minimum absolute atomic E-state index is 0.868. The molecule has 1 rings (SSSR count). The fraction of sp³-hybridized carbons (Fsp3) is 0.444. The Hall–Kier alpha value is -0.500. The highest BCUT2D eigenvalue weighted by Gasteiger charge is 2.04. The first-order valence-corrected chi connectivity index (χ1v) is 4.85. The van der Waals surface area contributed by atoms with Crippen molar-refractivity contribution in [3.63, 3.8) is 0 Å². The van der Waals surface area contributed by atoms with Crippen LogP contribution in [0.3, 0.4) is 0 Å². The average molecular weight is 167 g/mol. The number of aliphatic imine (C=N–C) groups is 1. The van der Waals surface area contributed by atoms with Crippen LogP contribution in [0.25, 0.3) is 0 Å². The molecule has 0 spiro atoms. The summed E-state index contributed by atoms with van der Waals surface area (Å²) in [7, 11) is 0. The third-order valence-corrected chi connectivity index (χ3v) is 2.62. The van der Waals surface area contributed by atoms with Crippen LogP contribution in [0.1, 0.15) is 13.8 Å². The molecular weight excluding hydrogens is 154 g/mol. The average Bonchev–Trinajstić information content (AvgIpc) is 2.52. The van der Waals surface area contributed by atoms with E-state index in [1.165, 1.54) is 10.5 Å². The van der Waals surface area contributed by atoms with Crippen LogP contribution in [-0.4, -0.2) is 18.5 Å². The van der Waals surface area contributed by atoms with Gasteiger partial charge in [0.15, 0.2) is 0 Å². The molecule has 0 aromatic carbocycles. The minimum atomic E-state index is 0.868. The van der Waals surface area contributed by atoms with E-state index in [2.05, 4.69) is 31.0 Å². The summed E-state index contributed by atoms with van der Waals surface area (Å²) in [5.41, 5.74) is 1.36. The van der Waals surface area contributed by atoms with E-state index in [0.29, 0.717) is 0 Å². The van der Waals surface area contributed by atoms with Gasteiger partial charge in [0.05, 0.1) is 6.54 Å². The Morgan fingerprint density at radius 3 is 3.09 bits per heavy atom. The van der Waals surface area contributed by atoms with E-state index >= 15 is 0 Å². The summed E-state index contributed by atoms with van der Waals surface area (Å²) in [6, 6.07) is 0. The first kappa shape index (κ1) is 8.60. The normalized spacial score (nSPS) is 17.3. The van der Waals surface area contributed by atoms with Crippen molar-refractivity contribution in [2.45, 2.75) is 13.8 Å². The van der Waals surface area contributed by atoms with Crippen LogP contribution in [0.2, 0.25) is 0 Å². The number of allylic oxidation sites excluding steroid dienone is 2. The zero-order valence-corrected chi connectivity index (χ0v) is 7.82. The standard InChI is InChI=1S/C9H13NS/c1-3-9(11-4-2)8-5-6-10-7-8/h3,5-6H,4,7H2,1-2H3/b9-3-. The van der Waals surface area contributed by atoms with Crippen LogP contribution in [0.5, 0.6) is 0 Å². The summed E-state index contributed by atoms with van der Waals surface area (Å²) in [5.74, 6) is 1.14. The molecule has 0 atom stereocenters. The fourth-order valence-electron chi connectivity index (χ4n) is 1.02. The highest BCUT2D eigenvalue weighted by atomic mass is 32.2. The monoisotopic (exact) mass is 167 g/mol. The summed E-state index contributed by atoms with van der Waals surface area (Å²) < 4.78 is 0. The van der Waals surface area contributed by atoms with Gasteiger partial charge < -0.3 is 0 Å². The first-order valence-electron chi connectivity index (χ1n) is 3.87. The van der Waals surface area contributed by atoms with Gasteiger partial charge in [-0.25, -0.2) is 0 Å². The highest BCUT2D eigenvalue weighted by molar-refractivity contribution is 8.03. The second-order valence-corrected chi connectivity index (χ2v) is 3.57. The van der Waals surface area contributed by atoms with Crippen LogP contribution in [-0.2, 0) is 0 Å². The largest absolute Gasteiger partial charge is 0.288 e. The predicted octanol–water partition coefficient (Wildman–Crippen LogP) is 2.65. The zero-order chi connectivity index (χ0) is 8.10. The molecule has 0 amide bonds. The molecular formula is C9H13NS. The quantitative estimate of drug-likeness (QED) is 0.629. The second-order valence-electron chi connectivity index (χ2n) is 2.27. The van der Waals surface area contributed by atoms with Gasteiger partial charge in [-0.05, 0) is 24.3 Å². The van der Waals surface area contributed by atoms with Gasteiger partial charge >= 0.3 is 0 Å². The lowest BCUT2D eigenvalue weighted by molar-refractivity contribution is 1.22. The predicted molar refractivity (Wildman–Crippen MR) is 53.3 cm³/mol. The maximum absolute atomic E-state index is 4.14. The smallest absolute Gasteiger partial charge is 0.0651 e. The van der Waals surface area contributed by atoms with Gasteiger partial charge in [0.25, 0.3) is 0 Å². The Bertz CT molecular complexity index is 214. The van der Waals surface area contributed by atoms with Crippen molar-refractivity contribution >= 4 is 18.0 Å². The molecule has 1 aliphatic heterocycles. The van der Waals surface area contributed by atoms with Crippen LogP contribution in [0, 0.1) is 0 Å². The molecule has 0 aliphatic carbocycles. The van der Waals surface area contributed by atoms with Gasteiger partial charge in [-0.1, -0.05) is 13.0 Å². The molecule has 0 fully saturated rings. The Labute approximate surface area is 72.3 Å². The Balaban J connectivity index is 2.57. The van der Waals surface area contributed by atoms with Crippen molar-refractivity contribution in [3.8, 4) is 0 Å². The lowest BCUT2D eigenvalue weighted by Gasteiger charge is -2.03. The number of hydrogen-bond donors (Lipinski definition) is 0. The van der Waals surface area contributed by atoms with E-state index in [1.807, 2.05) is 18.0 Å². The van der Waals surface area contributed by atoms with Crippen LogP contribution < -0.4 is 0 Å². The highest BCUT2D eigenvalue weighted by Crippen LogP contribution is 2.24. The second kappa shape index (κ2) is 4.39. The topological polar surface area (TPSA) is 12.4 Å². The van der Waals surface area contributed by atoms with Gasteiger partial charge in [0.2, 0.25) is 0 Å². The molecule has 1 heterocycles. The Morgan fingerprint density at radius 2 is 2.64 bits per heavy atom. The van der Waals surface area contributed by atoms with E-state index in [1.54, 1.807) is 0 Å². The number of thioether (sulfide) groups is 1. The molecule has 0 radical (unpaired) electrons. The third-order valence-electron chi connectivity index (χ3n) is 1.52. The van der Waals surface area contributed by atoms with Crippen molar-refractivity contribution in [2.24, 2.45) is 4.99 Å². The van der Waals surface area contributed by atoms with Crippen LogP contribution in [0.15, 0.2) is 27.6 Å². The molecule has 0 aromatic rings. The summed E-state index contributed by atoms with van der Waals surface area (Å²) in [5, 5.41) is 0. The summed E-state index contributed by atoms with van der Waals surface area (Å²) in [6.45, 7) is 5.12. The molecule has 0 N–H and O–H groups in total. The van der Waals surface area contributed by atoms with Gasteiger partial charge in [-0.3, -0.25) is 4.99 Å². The fourth-order valence-corrected chi connectivity index (χ4v) is 1.82. The van der Waals surface area contributed by atoms with E-state index in [4.69, 9.17) is 0 Å². The molecule has 60 valence electrons. The van der Waals surface area contributed by atoms with Gasteiger partial charge in [0, 0.05) is 11.1 Å². The van der Waals surface area contributed by atoms with Crippen molar-refractivity contribution in [3.05, 3.63) is 22.6 Å². The van der Waals surface area contributed by atoms with Crippen molar-refractivity contribution in [1.29, 1.82) is 0 Å². The molecule has 0 aromatic heterocycles. The Kier molecular flexibility index (Phi) is 3.43. The van der Waals surface area contributed by atoms with Crippen LogP contribution in [0.4, 0.5) is 0 Å². The molecule has 0 saturated heterocycles. The lowest BCUT2D eigenvalue weighted by atomic mass is 10.2. The maximum Gasteiger partial charge on any atom is 0.0651 e. The zero-order valence-electron chi connectivity index (χ0n) is 7.00. The molecule has 0 unspecified atom stereocenters. The molecule has 0 saturated carbocycles. The Morgan fingerprint density at radius 1 is 1.82 bits per heavy atom. The first-order chi connectivity index (χ1) is 5.38. The summed E-state index contributed by atoms with van der Waals surface area (Å²) in [4.78, 5) is 5.52. The minimum Gasteiger partial charge on any atom is -0.288 e. The van der Waals surface area contributed by atoms with E-state index in [-0.39, 0.29) is 0 Å².